The van der Waals surface area contributed by atoms with Crippen molar-refractivity contribution in [2.24, 2.45) is 0 Å². The summed E-state index contributed by atoms with van der Waals surface area (Å²) < 4.78 is 0. The van der Waals surface area contributed by atoms with Gasteiger partial charge in [0.1, 0.15) is 0 Å². The van der Waals surface area contributed by atoms with Crippen molar-refractivity contribution in [3.63, 3.8) is 0 Å². The largest absolute Gasteiger partial charge is 0.312 e. The molecule has 2 rings (SSSR count). The summed E-state index contributed by atoms with van der Waals surface area (Å²) in [5.74, 6) is 0. The molecule has 12 heavy (non-hydrogen) atoms. The Balaban J connectivity index is 2.36. The van der Waals surface area contributed by atoms with Crippen molar-refractivity contribution in [1.82, 2.24) is 5.32 Å². The van der Waals surface area contributed by atoms with Crippen molar-refractivity contribution < 1.29 is 0 Å². The van der Waals surface area contributed by atoms with E-state index in [4.69, 9.17) is 0 Å². The van der Waals surface area contributed by atoms with Crippen LogP contribution in [0.1, 0.15) is 11.1 Å². The second-order valence-electron chi connectivity index (χ2n) is 3.16. The van der Waals surface area contributed by atoms with Crippen LogP contribution >= 0.6 is 8.58 Å². The molecule has 1 aliphatic rings. The minimum absolute atomic E-state index is 0.924. The molecule has 64 valence electrons. The number of benzene rings is 1. The molecule has 1 atom stereocenters. The summed E-state index contributed by atoms with van der Waals surface area (Å²) in [6, 6.07) is 6.91. The molecule has 0 aliphatic carbocycles. The van der Waals surface area contributed by atoms with Crippen LogP contribution in [0.3, 0.4) is 0 Å². The summed E-state index contributed by atoms with van der Waals surface area (Å²) in [4.78, 5) is 0. The molecule has 0 radical (unpaired) electrons. The predicted octanol–water partition coefficient (Wildman–Crippen LogP) is 1.27. The SMILES string of the molecule is CPc1ccc2c(c1)CNCC2. The van der Waals surface area contributed by atoms with Crippen molar-refractivity contribution in [1.29, 1.82) is 0 Å². The Morgan fingerprint density at radius 3 is 3.08 bits per heavy atom. The van der Waals surface area contributed by atoms with Gasteiger partial charge in [-0.3, -0.25) is 0 Å². The van der Waals surface area contributed by atoms with Crippen molar-refractivity contribution in [2.45, 2.75) is 13.0 Å². The molecule has 1 N–H and O–H groups in total. The Hall–Kier alpha value is -0.390. The fraction of sp³-hybridized carbons (Fsp3) is 0.400. The normalized spacial score (nSPS) is 16.8. The fourth-order valence-corrected chi connectivity index (χ4v) is 2.20. The molecule has 1 unspecified atom stereocenters. The molecule has 1 aliphatic heterocycles. The predicted molar refractivity (Wildman–Crippen MR) is 55.7 cm³/mol. The minimum atomic E-state index is 0.924. The Bertz CT molecular complexity index is 283. The van der Waals surface area contributed by atoms with Crippen LogP contribution in [0.5, 0.6) is 0 Å². The minimum Gasteiger partial charge on any atom is -0.312 e. The molecular formula is C10H14NP. The lowest BCUT2D eigenvalue weighted by Gasteiger charge is -2.17. The van der Waals surface area contributed by atoms with Crippen LogP contribution in [0, 0.1) is 0 Å². The maximum atomic E-state index is 3.40. The lowest BCUT2D eigenvalue weighted by Crippen LogP contribution is -2.24. The van der Waals surface area contributed by atoms with Crippen molar-refractivity contribution in [3.05, 3.63) is 29.3 Å². The molecule has 1 heterocycles. The molecule has 1 aromatic carbocycles. The van der Waals surface area contributed by atoms with E-state index in [-0.39, 0.29) is 0 Å². The van der Waals surface area contributed by atoms with E-state index >= 15 is 0 Å². The first-order valence-electron chi connectivity index (χ1n) is 4.40. The third kappa shape index (κ3) is 1.53. The van der Waals surface area contributed by atoms with E-state index in [1.807, 2.05) is 0 Å². The average molecular weight is 179 g/mol. The summed E-state index contributed by atoms with van der Waals surface area (Å²) in [6.07, 6.45) is 1.20. The van der Waals surface area contributed by atoms with Gasteiger partial charge in [-0.1, -0.05) is 26.8 Å². The highest BCUT2D eigenvalue weighted by Gasteiger charge is 2.07. The van der Waals surface area contributed by atoms with Crippen molar-refractivity contribution >= 4 is 13.9 Å². The quantitative estimate of drug-likeness (QED) is 0.640. The van der Waals surface area contributed by atoms with Crippen LogP contribution in [-0.4, -0.2) is 13.2 Å². The number of rotatable bonds is 1. The Labute approximate surface area is 75.3 Å². The summed E-state index contributed by atoms with van der Waals surface area (Å²) in [5.41, 5.74) is 3.05. The molecule has 0 bridgehead atoms. The second-order valence-corrected chi connectivity index (χ2v) is 4.24. The maximum absolute atomic E-state index is 3.40. The zero-order chi connectivity index (χ0) is 8.39. The highest BCUT2D eigenvalue weighted by molar-refractivity contribution is 7.46. The highest BCUT2D eigenvalue weighted by atomic mass is 31.1. The monoisotopic (exact) mass is 179 g/mol. The van der Waals surface area contributed by atoms with E-state index in [0.717, 1.165) is 21.7 Å². The van der Waals surface area contributed by atoms with Gasteiger partial charge in [0.2, 0.25) is 0 Å². The Kier molecular flexibility index (Phi) is 2.43. The average Bonchev–Trinajstić information content (AvgIpc) is 2.17. The highest BCUT2D eigenvalue weighted by Crippen LogP contribution is 2.14. The van der Waals surface area contributed by atoms with Gasteiger partial charge in [-0.15, -0.1) is 0 Å². The van der Waals surface area contributed by atoms with E-state index < -0.39 is 0 Å². The fourth-order valence-electron chi connectivity index (χ4n) is 1.64. The molecule has 0 amide bonds. The number of nitrogens with one attached hydrogen (secondary N) is 1. The molecule has 1 aromatic rings. The maximum Gasteiger partial charge on any atom is 0.0208 e. The summed E-state index contributed by atoms with van der Waals surface area (Å²) in [6.45, 7) is 4.44. The van der Waals surface area contributed by atoms with Gasteiger partial charge in [-0.2, -0.15) is 0 Å². The summed E-state index contributed by atoms with van der Waals surface area (Å²) in [5, 5.41) is 4.88. The van der Waals surface area contributed by atoms with Crippen LogP contribution in [0.25, 0.3) is 0 Å². The van der Waals surface area contributed by atoms with Crippen molar-refractivity contribution in [3.8, 4) is 0 Å². The van der Waals surface area contributed by atoms with Crippen LogP contribution in [0.2, 0.25) is 0 Å². The van der Waals surface area contributed by atoms with Gasteiger partial charge >= 0.3 is 0 Å². The number of fused-ring (bicyclic) bond motifs is 1. The van der Waals surface area contributed by atoms with Gasteiger partial charge < -0.3 is 5.32 Å². The second kappa shape index (κ2) is 3.55. The first-order valence-corrected chi connectivity index (χ1v) is 5.90. The molecule has 0 saturated heterocycles. The standard InChI is InChI=1S/C10H14NP/c1-12-10-3-2-8-4-5-11-7-9(8)6-10/h2-3,6,11-12H,4-5,7H2,1H3. The molecule has 0 aromatic heterocycles. The van der Waals surface area contributed by atoms with E-state index in [1.54, 1.807) is 0 Å². The van der Waals surface area contributed by atoms with Crippen LogP contribution in [0.15, 0.2) is 18.2 Å². The molecule has 0 saturated carbocycles. The summed E-state index contributed by atoms with van der Waals surface area (Å²) >= 11 is 0. The van der Waals surface area contributed by atoms with E-state index in [0.29, 0.717) is 0 Å². The van der Waals surface area contributed by atoms with Gasteiger partial charge in [-0.25, -0.2) is 0 Å². The number of hydrogen-bond acceptors (Lipinski definition) is 1. The molecule has 0 spiro atoms. The van der Waals surface area contributed by atoms with E-state index in [9.17, 15) is 0 Å². The Morgan fingerprint density at radius 1 is 1.33 bits per heavy atom. The lowest BCUT2D eigenvalue weighted by atomic mass is 10.0. The van der Waals surface area contributed by atoms with Crippen LogP contribution < -0.4 is 10.6 Å². The van der Waals surface area contributed by atoms with Crippen LogP contribution in [0.4, 0.5) is 0 Å². The first-order chi connectivity index (χ1) is 5.90. The van der Waals surface area contributed by atoms with Gasteiger partial charge in [0.05, 0.1) is 0 Å². The lowest BCUT2D eigenvalue weighted by molar-refractivity contribution is 0.644. The van der Waals surface area contributed by atoms with Gasteiger partial charge in [-0.05, 0) is 36.1 Å². The zero-order valence-electron chi connectivity index (χ0n) is 7.35. The van der Waals surface area contributed by atoms with Gasteiger partial charge in [0, 0.05) is 6.54 Å². The smallest absolute Gasteiger partial charge is 0.0208 e. The number of hydrogen-bond donors (Lipinski definition) is 1. The topological polar surface area (TPSA) is 12.0 Å². The van der Waals surface area contributed by atoms with Gasteiger partial charge in [0.15, 0.2) is 0 Å². The van der Waals surface area contributed by atoms with E-state index in [2.05, 4.69) is 30.2 Å². The molecule has 0 fully saturated rings. The first kappa shape index (κ1) is 8.22. The van der Waals surface area contributed by atoms with Gasteiger partial charge in [0.25, 0.3) is 0 Å². The third-order valence-corrected chi connectivity index (χ3v) is 3.27. The molecular weight excluding hydrogens is 165 g/mol. The molecule has 2 heteroatoms. The Morgan fingerprint density at radius 2 is 2.25 bits per heavy atom. The third-order valence-electron chi connectivity index (χ3n) is 2.38. The van der Waals surface area contributed by atoms with Crippen molar-refractivity contribution in [2.75, 3.05) is 13.2 Å². The summed E-state index contributed by atoms with van der Waals surface area (Å²) in [7, 11) is 0.924. The van der Waals surface area contributed by atoms with Crippen LogP contribution in [-0.2, 0) is 13.0 Å². The zero-order valence-corrected chi connectivity index (χ0v) is 8.35. The van der Waals surface area contributed by atoms with E-state index in [1.165, 1.54) is 22.9 Å². The molecule has 1 nitrogen and oxygen atoms in total.